The van der Waals surface area contributed by atoms with E-state index in [1.807, 2.05) is 18.2 Å². The topological polar surface area (TPSA) is 78.9 Å². The number of nitrogens with zero attached hydrogens (tertiary/aromatic N) is 1. The van der Waals surface area contributed by atoms with E-state index in [2.05, 4.69) is 97.1 Å². The molecular weight excluding hydrogens is 734 g/mol. The summed E-state index contributed by atoms with van der Waals surface area (Å²) in [6.45, 7) is 13.4. The molecule has 3 aromatic carbocycles. The molecule has 0 aliphatic carbocycles. The minimum atomic E-state index is -1.81. The van der Waals surface area contributed by atoms with E-state index in [-0.39, 0.29) is 6.61 Å². The van der Waals surface area contributed by atoms with E-state index in [4.69, 9.17) is 28.4 Å². The van der Waals surface area contributed by atoms with Gasteiger partial charge in [0.15, 0.2) is 0 Å². The van der Waals surface area contributed by atoms with Gasteiger partial charge in [0.05, 0.1) is 18.8 Å². The van der Waals surface area contributed by atoms with Crippen molar-refractivity contribution in [1.29, 1.82) is 0 Å². The monoisotopic (exact) mass is 795 g/mol. The second-order valence-electron chi connectivity index (χ2n) is 14.3. The van der Waals surface area contributed by atoms with Crippen molar-refractivity contribution < 1.29 is 33.5 Å². The van der Waals surface area contributed by atoms with Gasteiger partial charge in [0.1, 0.15) is 36.8 Å². The molecule has 2 aliphatic rings. The lowest BCUT2D eigenvalue weighted by molar-refractivity contribution is -0.375. The molecule has 9 heteroatoms. The molecule has 8 nitrogen and oxygen atoms in total. The Bertz CT molecular complexity index is 1510. The largest absolute Gasteiger partial charge is 0.490 e. The van der Waals surface area contributed by atoms with Crippen LogP contribution in [0.5, 0.6) is 5.75 Å². The SMILES string of the molecule is CCCCOC[C@H]1OC(O)(c2ccc(Br)c(Cc3ccc4c(c3)N(Cc3ccccc3)CCO4)c2)[C@H](OCCCC)[C@@H](OCCCC)[C@@H]1OCCCC. The van der Waals surface area contributed by atoms with E-state index >= 15 is 0 Å². The van der Waals surface area contributed by atoms with Gasteiger partial charge < -0.3 is 38.4 Å². The van der Waals surface area contributed by atoms with Gasteiger partial charge in [0.25, 0.3) is 0 Å². The number of aliphatic hydroxyl groups is 1. The maximum atomic E-state index is 12.9. The van der Waals surface area contributed by atoms with Crippen molar-refractivity contribution in [2.75, 3.05) is 51.1 Å². The van der Waals surface area contributed by atoms with Crippen LogP contribution in [-0.2, 0) is 42.4 Å². The molecule has 1 fully saturated rings. The van der Waals surface area contributed by atoms with Gasteiger partial charge in [-0.1, -0.05) is 112 Å². The van der Waals surface area contributed by atoms with Gasteiger partial charge in [-0.25, -0.2) is 0 Å². The summed E-state index contributed by atoms with van der Waals surface area (Å²) in [5.41, 5.74) is 5.15. The maximum Gasteiger partial charge on any atom is 0.222 e. The first kappa shape index (κ1) is 41.7. The van der Waals surface area contributed by atoms with Gasteiger partial charge >= 0.3 is 0 Å². The third-order valence-electron chi connectivity index (χ3n) is 10.1. The average Bonchev–Trinajstić information content (AvgIpc) is 3.17. The Kier molecular flexibility index (Phi) is 16.9. The number of unbranched alkanes of at least 4 members (excludes halogenated alkanes) is 4. The van der Waals surface area contributed by atoms with Gasteiger partial charge in [-0.15, -0.1) is 0 Å². The highest BCUT2D eigenvalue weighted by Gasteiger charge is 2.57. The van der Waals surface area contributed by atoms with Crippen LogP contribution in [-0.4, -0.2) is 75.7 Å². The Balaban J connectivity index is 1.48. The molecule has 2 heterocycles. The normalized spacial score (nSPS) is 22.8. The van der Waals surface area contributed by atoms with Crippen molar-refractivity contribution in [2.45, 2.75) is 122 Å². The van der Waals surface area contributed by atoms with E-state index in [0.29, 0.717) is 45.0 Å². The number of rotatable bonds is 22. The molecule has 0 radical (unpaired) electrons. The molecule has 0 bridgehead atoms. The fourth-order valence-electron chi connectivity index (χ4n) is 7.00. The summed E-state index contributed by atoms with van der Waals surface area (Å²) in [5, 5.41) is 12.9. The second-order valence-corrected chi connectivity index (χ2v) is 15.2. The molecule has 1 N–H and O–H groups in total. The van der Waals surface area contributed by atoms with Crippen LogP contribution in [0, 0.1) is 0 Å². The summed E-state index contributed by atoms with van der Waals surface area (Å²) in [6, 6.07) is 23.0. The molecule has 0 saturated carbocycles. The quantitative estimate of drug-likeness (QED) is 0.101. The molecule has 0 aromatic heterocycles. The van der Waals surface area contributed by atoms with Gasteiger partial charge in [-0.3, -0.25) is 0 Å². The number of fused-ring (bicyclic) bond motifs is 1. The van der Waals surface area contributed by atoms with Crippen LogP contribution in [0.2, 0.25) is 0 Å². The van der Waals surface area contributed by atoms with E-state index in [0.717, 1.165) is 91.5 Å². The zero-order chi connectivity index (χ0) is 37.5. The third-order valence-corrected chi connectivity index (χ3v) is 10.9. The second kappa shape index (κ2) is 21.6. The van der Waals surface area contributed by atoms with E-state index < -0.39 is 30.2 Å². The fourth-order valence-corrected chi connectivity index (χ4v) is 7.39. The lowest BCUT2D eigenvalue weighted by Gasteiger charge is -2.50. The van der Waals surface area contributed by atoms with Gasteiger partial charge in [0.2, 0.25) is 5.79 Å². The van der Waals surface area contributed by atoms with Crippen LogP contribution in [0.25, 0.3) is 0 Å². The first-order valence-electron chi connectivity index (χ1n) is 20.1. The van der Waals surface area contributed by atoms with E-state index in [1.54, 1.807) is 0 Å². The predicted molar refractivity (Wildman–Crippen MR) is 215 cm³/mol. The van der Waals surface area contributed by atoms with Crippen LogP contribution < -0.4 is 9.64 Å². The Morgan fingerprint density at radius 3 is 2.17 bits per heavy atom. The number of halogens is 1. The summed E-state index contributed by atoms with van der Waals surface area (Å²) < 4.78 is 39.9. The number of ether oxygens (including phenoxy) is 6. The van der Waals surface area contributed by atoms with Gasteiger partial charge in [-0.2, -0.15) is 0 Å². The molecule has 1 unspecified atom stereocenters. The Hall–Kier alpha value is -2.50. The zero-order valence-electron chi connectivity index (χ0n) is 32.4. The smallest absolute Gasteiger partial charge is 0.222 e. The number of benzene rings is 3. The average molecular weight is 797 g/mol. The molecule has 3 aromatic rings. The molecule has 0 amide bonds. The Morgan fingerprint density at radius 1 is 0.774 bits per heavy atom. The minimum Gasteiger partial charge on any atom is -0.490 e. The van der Waals surface area contributed by atoms with E-state index in [1.165, 1.54) is 5.56 Å². The van der Waals surface area contributed by atoms with E-state index in [9.17, 15) is 5.11 Å². The van der Waals surface area contributed by atoms with Crippen LogP contribution >= 0.6 is 15.9 Å². The molecular formula is C44H62BrNO7. The van der Waals surface area contributed by atoms with Crippen molar-refractivity contribution in [3.05, 3.63) is 93.5 Å². The Morgan fingerprint density at radius 2 is 1.45 bits per heavy atom. The summed E-state index contributed by atoms with van der Waals surface area (Å²) in [4.78, 5) is 2.39. The highest BCUT2D eigenvalue weighted by molar-refractivity contribution is 9.10. The molecule has 0 spiro atoms. The molecule has 53 heavy (non-hydrogen) atoms. The summed E-state index contributed by atoms with van der Waals surface area (Å²) in [7, 11) is 0. The van der Waals surface area contributed by atoms with Crippen LogP contribution in [0.1, 0.15) is 101 Å². The molecule has 292 valence electrons. The van der Waals surface area contributed by atoms with Crippen molar-refractivity contribution in [3.8, 4) is 5.75 Å². The molecule has 1 saturated heterocycles. The lowest BCUT2D eigenvalue weighted by Crippen LogP contribution is -2.66. The van der Waals surface area contributed by atoms with Crippen molar-refractivity contribution in [3.63, 3.8) is 0 Å². The first-order valence-corrected chi connectivity index (χ1v) is 20.9. The van der Waals surface area contributed by atoms with Crippen molar-refractivity contribution >= 4 is 21.6 Å². The van der Waals surface area contributed by atoms with Crippen molar-refractivity contribution in [1.82, 2.24) is 0 Å². The van der Waals surface area contributed by atoms with Crippen LogP contribution in [0.3, 0.4) is 0 Å². The highest BCUT2D eigenvalue weighted by atomic mass is 79.9. The zero-order valence-corrected chi connectivity index (χ0v) is 34.0. The Labute approximate surface area is 326 Å². The molecule has 5 atom stereocenters. The highest BCUT2D eigenvalue weighted by Crippen LogP contribution is 2.42. The number of anilines is 1. The van der Waals surface area contributed by atoms with Crippen molar-refractivity contribution in [2.24, 2.45) is 0 Å². The summed E-state index contributed by atoms with van der Waals surface area (Å²) in [5.74, 6) is -0.905. The predicted octanol–water partition coefficient (Wildman–Crippen LogP) is 9.36. The van der Waals surface area contributed by atoms with Gasteiger partial charge in [-0.05, 0) is 73.1 Å². The molecule has 2 aliphatic heterocycles. The fraction of sp³-hybridized carbons (Fsp3) is 0.591. The third kappa shape index (κ3) is 11.3. The number of hydrogen-bond donors (Lipinski definition) is 1. The maximum absolute atomic E-state index is 12.9. The molecule has 5 rings (SSSR count). The number of hydrogen-bond acceptors (Lipinski definition) is 8. The minimum absolute atomic E-state index is 0.286. The standard InChI is InChI=1S/C44H62BrNO7/c1-5-9-23-48-32-40-41(50-24-10-6-2)42(51-25-11-7-3)43(52-26-12-8-4)44(47,53-40)36-19-20-37(45)35(30-36)28-34-18-21-39-38(29-34)46(22-27-49-39)31-33-16-14-13-15-17-33/h13-21,29-30,40-43,47H,5-12,22-28,31-32H2,1-4H3/t40-,41-,42+,43-,44?/m1/s1. The van der Waals surface area contributed by atoms with Crippen LogP contribution in [0.15, 0.2) is 71.2 Å². The lowest BCUT2D eigenvalue weighted by atomic mass is 9.86. The van der Waals surface area contributed by atoms with Crippen LogP contribution in [0.4, 0.5) is 5.69 Å². The van der Waals surface area contributed by atoms with Gasteiger partial charge in [0, 0.05) is 43.0 Å². The summed E-state index contributed by atoms with van der Waals surface area (Å²) >= 11 is 3.83. The first-order chi connectivity index (χ1) is 25.9. The summed E-state index contributed by atoms with van der Waals surface area (Å²) in [6.07, 6.45) is 5.88.